The monoisotopic (exact) mass is 626 g/mol. The lowest BCUT2D eigenvalue weighted by Gasteiger charge is -2.32. The van der Waals surface area contributed by atoms with Crippen LogP contribution in [0.3, 0.4) is 0 Å². The van der Waals surface area contributed by atoms with Gasteiger partial charge in [0.05, 0.1) is 22.5 Å². The number of nitrogens with zero attached hydrogens (tertiary/aromatic N) is 1. The summed E-state index contributed by atoms with van der Waals surface area (Å²) in [6.45, 7) is 0. The summed E-state index contributed by atoms with van der Waals surface area (Å²) < 4.78 is 7.05. The van der Waals surface area contributed by atoms with E-state index in [1.165, 1.54) is 0 Å². The number of carbonyl (C=O) groups excluding carboxylic acids is 1. The van der Waals surface area contributed by atoms with Crippen LogP contribution in [0.1, 0.15) is 20.7 Å². The largest absolute Gasteiger partial charge is 0.478 e. The highest BCUT2D eigenvalue weighted by Crippen LogP contribution is 2.57. The van der Waals surface area contributed by atoms with Gasteiger partial charge in [-0.15, -0.1) is 0 Å². The molecule has 12 heteroatoms. The number of hydrogen-bond donors (Lipinski definition) is 2. The van der Waals surface area contributed by atoms with Crippen molar-refractivity contribution in [3.05, 3.63) is 120 Å². The third-order valence-corrected chi connectivity index (χ3v) is 6.62. The molecule has 4 aromatic carbocycles. The number of rotatable bonds is 4. The van der Waals surface area contributed by atoms with Crippen molar-refractivity contribution >= 4 is 93.3 Å². The minimum absolute atomic E-state index is 0.270. The Bertz CT molecular complexity index is 1350. The van der Waals surface area contributed by atoms with Gasteiger partial charge in [0.25, 0.3) is 0 Å². The van der Waals surface area contributed by atoms with Crippen LogP contribution in [0.25, 0.3) is 0 Å². The summed E-state index contributed by atoms with van der Waals surface area (Å²) in [5.41, 5.74) is 3.99. The number of anilines is 4. The molecule has 4 aromatic rings. The summed E-state index contributed by atoms with van der Waals surface area (Å²) in [5, 5.41) is 12.1. The Morgan fingerprint density at radius 3 is 1.97 bits per heavy atom. The number of carbonyl (C=O) groups is 2. The second kappa shape index (κ2) is 15.1. The van der Waals surface area contributed by atoms with Crippen LogP contribution in [0.5, 0.6) is 0 Å². The highest BCUT2D eigenvalue weighted by atomic mass is 36.0. The van der Waals surface area contributed by atoms with E-state index in [2.05, 4.69) is 5.32 Å². The Kier molecular flexibility index (Phi) is 11.9. The zero-order chi connectivity index (χ0) is 27.5. The summed E-state index contributed by atoms with van der Waals surface area (Å²) >= 11 is 20.8. The molecule has 1 aliphatic heterocycles. The molecule has 0 bridgehead atoms. The van der Waals surface area contributed by atoms with Gasteiger partial charge in [-0.2, -0.15) is 0 Å². The van der Waals surface area contributed by atoms with E-state index in [-0.39, 0.29) is 11.5 Å². The fourth-order valence-electron chi connectivity index (χ4n) is 3.33. The number of nitrogens with one attached hydrogen (secondary N) is 1. The van der Waals surface area contributed by atoms with E-state index in [1.807, 2.05) is 83.5 Å². The molecule has 2 N–H and O–H groups in total. The molecule has 38 heavy (non-hydrogen) atoms. The van der Waals surface area contributed by atoms with Gasteiger partial charge in [-0.3, -0.25) is 4.67 Å². The summed E-state index contributed by atoms with van der Waals surface area (Å²) in [4.78, 5) is 22.7. The molecule has 0 amide bonds. The lowest BCUT2D eigenvalue weighted by atomic mass is 10.1. The molecule has 1 aliphatic rings. The molecule has 0 spiro atoms. The highest BCUT2D eigenvalue weighted by Gasteiger charge is 2.33. The number of carboxylic acids is 1. The Balaban J connectivity index is 0.000000186. The minimum atomic E-state index is -1.50. The zero-order valence-corrected chi connectivity index (χ0v) is 24.2. The second-order valence-corrected chi connectivity index (χ2v) is 14.2. The first-order chi connectivity index (χ1) is 18.3. The molecular formula is C26H20Cl4N2O4P2. The van der Waals surface area contributed by atoms with Gasteiger partial charge < -0.3 is 14.9 Å². The molecule has 1 heterocycles. The maximum absolute atomic E-state index is 11.8. The fourth-order valence-corrected chi connectivity index (χ4v) is 5.00. The summed E-state index contributed by atoms with van der Waals surface area (Å²) in [6.07, 6.45) is 0. The van der Waals surface area contributed by atoms with Crippen molar-refractivity contribution in [2.24, 2.45) is 0 Å². The van der Waals surface area contributed by atoms with Crippen LogP contribution in [-0.2, 0) is 4.52 Å². The minimum Gasteiger partial charge on any atom is -0.478 e. The van der Waals surface area contributed by atoms with Crippen molar-refractivity contribution in [3.8, 4) is 0 Å². The van der Waals surface area contributed by atoms with Gasteiger partial charge in [0.1, 0.15) is 0 Å². The molecule has 6 nitrogen and oxygen atoms in total. The van der Waals surface area contributed by atoms with Crippen molar-refractivity contribution in [2.75, 3.05) is 9.99 Å². The summed E-state index contributed by atoms with van der Waals surface area (Å²) in [6, 6.07) is 33.3. The standard InChI is InChI=1S/C13H9ClNO2P.C13H11NO2.Cl3P/c14-18-15(10-6-2-1-3-7-10)12-9-5-4-8-11(12)13(16)17-18;15-13(16)11-8-4-5-9-12(11)14-10-6-2-1-3-7-10;1-4(2)3/h1-9H;1-9,14H,(H,15,16);. The topological polar surface area (TPSA) is 78.9 Å². The Morgan fingerprint density at radius 2 is 1.34 bits per heavy atom. The number of hydrogen-bond acceptors (Lipinski definition) is 5. The van der Waals surface area contributed by atoms with Crippen molar-refractivity contribution in [2.45, 2.75) is 0 Å². The normalized spacial score (nSPS) is 13.7. The molecular weight excluding hydrogens is 608 g/mol. The second-order valence-electron chi connectivity index (χ2n) is 7.30. The smallest absolute Gasteiger partial charge is 0.345 e. The molecule has 0 saturated heterocycles. The van der Waals surface area contributed by atoms with Gasteiger partial charge in [0.15, 0.2) is 5.98 Å². The predicted octanol–water partition coefficient (Wildman–Crippen LogP) is 10.5. The predicted molar refractivity (Wildman–Crippen MR) is 161 cm³/mol. The van der Waals surface area contributed by atoms with Crippen LogP contribution < -0.4 is 9.99 Å². The lowest BCUT2D eigenvalue weighted by molar-refractivity contribution is 0.0696. The number of benzene rings is 4. The van der Waals surface area contributed by atoms with E-state index < -0.39 is 19.6 Å². The Morgan fingerprint density at radius 1 is 0.816 bits per heavy atom. The third-order valence-electron chi connectivity index (χ3n) is 4.88. The maximum atomic E-state index is 11.8. The van der Waals surface area contributed by atoms with Crippen LogP contribution >= 0.6 is 58.6 Å². The molecule has 0 aromatic heterocycles. The van der Waals surface area contributed by atoms with Gasteiger partial charge >= 0.3 is 19.6 Å². The van der Waals surface area contributed by atoms with Crippen LogP contribution in [0.2, 0.25) is 0 Å². The van der Waals surface area contributed by atoms with Gasteiger partial charge in [-0.1, -0.05) is 94.4 Å². The number of carboxylic acid groups (broad SMARTS) is 1. The van der Waals surface area contributed by atoms with Gasteiger partial charge in [0, 0.05) is 11.4 Å². The van der Waals surface area contributed by atoms with E-state index >= 15 is 0 Å². The summed E-state index contributed by atoms with van der Waals surface area (Å²) in [5.74, 6) is -2.50. The molecule has 1 atom stereocenters. The van der Waals surface area contributed by atoms with E-state index in [1.54, 1.807) is 30.3 Å². The van der Waals surface area contributed by atoms with Gasteiger partial charge in [0.2, 0.25) is 0 Å². The first-order valence-corrected chi connectivity index (χ1v) is 17.0. The molecule has 0 fully saturated rings. The number of aromatic carboxylic acids is 1. The average molecular weight is 628 g/mol. The van der Waals surface area contributed by atoms with Crippen LogP contribution in [-0.4, -0.2) is 17.0 Å². The summed E-state index contributed by atoms with van der Waals surface area (Å²) in [7, 11) is -1.50. The average Bonchev–Trinajstić information content (AvgIpc) is 2.90. The van der Waals surface area contributed by atoms with Crippen molar-refractivity contribution in [1.29, 1.82) is 0 Å². The first-order valence-electron chi connectivity index (χ1n) is 10.8. The van der Waals surface area contributed by atoms with E-state index in [0.717, 1.165) is 17.1 Å². The molecule has 5 rings (SSSR count). The number of halogens is 4. The first kappa shape index (κ1) is 30.0. The molecule has 0 aliphatic carbocycles. The lowest BCUT2D eigenvalue weighted by Crippen LogP contribution is -2.20. The van der Waals surface area contributed by atoms with Crippen molar-refractivity contribution < 1.29 is 19.2 Å². The number of fused-ring (bicyclic) bond motifs is 1. The van der Waals surface area contributed by atoms with E-state index in [9.17, 15) is 9.59 Å². The maximum Gasteiger partial charge on any atom is 0.345 e. The van der Waals surface area contributed by atoms with Gasteiger partial charge in [-0.25, -0.2) is 9.59 Å². The van der Waals surface area contributed by atoms with E-state index in [4.69, 9.17) is 54.6 Å². The van der Waals surface area contributed by atoms with Crippen LogP contribution in [0.15, 0.2) is 109 Å². The Hall–Kier alpha value is -2.56. The fraction of sp³-hybridized carbons (Fsp3) is 0. The van der Waals surface area contributed by atoms with Crippen LogP contribution in [0.4, 0.5) is 22.7 Å². The van der Waals surface area contributed by atoms with E-state index in [0.29, 0.717) is 11.3 Å². The molecule has 0 radical (unpaired) electrons. The van der Waals surface area contributed by atoms with Crippen molar-refractivity contribution in [1.82, 2.24) is 0 Å². The zero-order valence-electron chi connectivity index (χ0n) is 19.4. The highest BCUT2D eigenvalue weighted by molar-refractivity contribution is 8.20. The van der Waals surface area contributed by atoms with Crippen LogP contribution in [0, 0.1) is 0 Å². The third kappa shape index (κ3) is 8.74. The number of para-hydroxylation sites is 4. The van der Waals surface area contributed by atoms with Crippen molar-refractivity contribution in [3.63, 3.8) is 0 Å². The molecule has 1 unspecified atom stereocenters. The van der Waals surface area contributed by atoms with Gasteiger partial charge in [-0.05, 0) is 59.8 Å². The SMILES string of the molecule is ClP(Cl)Cl.O=C(O)c1ccccc1Nc1ccccc1.O=C1OP(Cl)N(c2ccccc2)c2ccccc21. The Labute approximate surface area is 241 Å². The molecule has 196 valence electrons. The molecule has 0 saturated carbocycles. The quantitative estimate of drug-likeness (QED) is 0.219.